The summed E-state index contributed by atoms with van der Waals surface area (Å²) in [7, 11) is 0. The first-order valence-corrected chi connectivity index (χ1v) is 11.3. The molecule has 1 N–H and O–H groups in total. The predicted octanol–water partition coefficient (Wildman–Crippen LogP) is 4.18. The molecule has 6 heteroatoms. The van der Waals surface area contributed by atoms with Crippen LogP contribution in [-0.4, -0.2) is 34.9 Å². The molecule has 1 fully saturated rings. The fraction of sp³-hybridized carbons (Fsp3) is 0.481. The smallest absolute Gasteiger partial charge is 0.301 e. The molecule has 1 spiro atoms. The molecule has 1 aromatic rings. The summed E-state index contributed by atoms with van der Waals surface area (Å²) in [6.07, 6.45) is 4.40. The molecular weight excluding hydrogens is 416 g/mol. The number of allylic oxidation sites excluding steroid dienone is 1. The van der Waals surface area contributed by atoms with Gasteiger partial charge in [-0.1, -0.05) is 32.8 Å². The number of ketones is 2. The van der Waals surface area contributed by atoms with Crippen LogP contribution in [0.1, 0.15) is 75.1 Å². The number of Topliss-reactive ketones (excluding diaryl/α,β-unsaturated/α-hetero) is 2. The van der Waals surface area contributed by atoms with Crippen molar-refractivity contribution in [2.45, 2.75) is 66.7 Å². The van der Waals surface area contributed by atoms with Gasteiger partial charge in [0, 0.05) is 42.0 Å². The molecule has 33 heavy (non-hydrogen) atoms. The molecule has 0 saturated heterocycles. The highest BCUT2D eigenvalue weighted by Crippen LogP contribution is 2.45. The molecule has 1 aromatic carbocycles. The summed E-state index contributed by atoms with van der Waals surface area (Å²) in [5, 5.41) is 2.41. The maximum atomic E-state index is 13.2. The van der Waals surface area contributed by atoms with Crippen molar-refractivity contribution in [2.75, 3.05) is 6.54 Å². The van der Waals surface area contributed by atoms with Gasteiger partial charge in [-0.25, -0.2) is 4.79 Å². The van der Waals surface area contributed by atoms with Crippen LogP contribution in [0.3, 0.4) is 0 Å². The van der Waals surface area contributed by atoms with Crippen molar-refractivity contribution in [1.29, 1.82) is 0 Å². The second-order valence-corrected chi connectivity index (χ2v) is 10.2. The summed E-state index contributed by atoms with van der Waals surface area (Å²) in [6, 6.07) is 3.37. The van der Waals surface area contributed by atoms with Crippen molar-refractivity contribution in [3.05, 3.63) is 46.7 Å². The lowest BCUT2D eigenvalue weighted by Crippen LogP contribution is -2.48. The lowest BCUT2D eigenvalue weighted by Gasteiger charge is -2.40. The minimum atomic E-state index is -0.751. The molecule has 0 atom stereocenters. The van der Waals surface area contributed by atoms with E-state index in [0.29, 0.717) is 13.0 Å². The van der Waals surface area contributed by atoms with E-state index in [-0.39, 0.29) is 30.3 Å². The lowest BCUT2D eigenvalue weighted by atomic mass is 9.64. The molecule has 0 radical (unpaired) electrons. The molecule has 6 nitrogen and oxygen atoms in total. The van der Waals surface area contributed by atoms with Gasteiger partial charge in [0.1, 0.15) is 17.5 Å². The summed E-state index contributed by atoms with van der Waals surface area (Å²) in [4.78, 5) is 52.5. The normalized spacial score (nSPS) is 22.7. The van der Waals surface area contributed by atoms with Crippen LogP contribution in [-0.2, 0) is 14.4 Å². The number of rotatable bonds is 1. The Bertz CT molecular complexity index is 1070. The number of carbonyl (C=O) groups excluding carboxylic acids is 4. The standard InChI is InChI=1S/C27H32N2O4/c1-7-8-19-13-17(2)22(18(3)14-19)23-20(30)15-27(16-21(23)31)9-11-29(12-10-27)25(33)28-24(32)26(4,5)6/h9,11,13-14,23H,10,12,15-16H2,1-6H3,(H,28,32,33). The Balaban J connectivity index is 1.77. The first-order valence-electron chi connectivity index (χ1n) is 11.3. The molecule has 1 aliphatic heterocycles. The van der Waals surface area contributed by atoms with Crippen LogP contribution >= 0.6 is 0 Å². The van der Waals surface area contributed by atoms with Crippen LogP contribution in [0.2, 0.25) is 0 Å². The van der Waals surface area contributed by atoms with E-state index in [9.17, 15) is 19.2 Å². The van der Waals surface area contributed by atoms with E-state index < -0.39 is 22.8 Å². The third kappa shape index (κ3) is 5.08. The van der Waals surface area contributed by atoms with Gasteiger partial charge in [-0.05, 0) is 56.0 Å². The van der Waals surface area contributed by atoms with Gasteiger partial charge in [-0.2, -0.15) is 0 Å². The van der Waals surface area contributed by atoms with Crippen molar-refractivity contribution in [3.8, 4) is 11.8 Å². The van der Waals surface area contributed by atoms with Gasteiger partial charge in [0.05, 0.1) is 0 Å². The van der Waals surface area contributed by atoms with Gasteiger partial charge in [-0.3, -0.25) is 19.7 Å². The molecule has 3 amide bonds. The number of hydrogen-bond donors (Lipinski definition) is 1. The summed E-state index contributed by atoms with van der Waals surface area (Å²) >= 11 is 0. The Morgan fingerprint density at radius 3 is 2.12 bits per heavy atom. The topological polar surface area (TPSA) is 83.6 Å². The van der Waals surface area contributed by atoms with E-state index in [1.807, 2.05) is 26.0 Å². The Hall–Kier alpha value is -3.20. The van der Waals surface area contributed by atoms with Gasteiger partial charge in [0.2, 0.25) is 5.91 Å². The number of nitrogens with zero attached hydrogens (tertiary/aromatic N) is 1. The maximum Gasteiger partial charge on any atom is 0.328 e. The number of amides is 3. The monoisotopic (exact) mass is 448 g/mol. The Morgan fingerprint density at radius 2 is 1.67 bits per heavy atom. The fourth-order valence-corrected chi connectivity index (χ4v) is 4.68. The molecule has 1 saturated carbocycles. The van der Waals surface area contributed by atoms with Gasteiger partial charge in [0.15, 0.2) is 0 Å². The van der Waals surface area contributed by atoms with Gasteiger partial charge < -0.3 is 4.90 Å². The fourth-order valence-electron chi connectivity index (χ4n) is 4.68. The highest BCUT2D eigenvalue weighted by Gasteiger charge is 2.46. The predicted molar refractivity (Wildman–Crippen MR) is 126 cm³/mol. The SMILES string of the molecule is CC#Cc1cc(C)c(C2C(=O)CC3(C=CN(C(=O)NC(=O)C(C)(C)C)CC3)CC2=O)c(C)c1. The number of hydrogen-bond acceptors (Lipinski definition) is 4. The number of urea groups is 1. The van der Waals surface area contributed by atoms with Crippen LogP contribution in [0, 0.1) is 36.5 Å². The molecule has 1 aliphatic carbocycles. The zero-order chi connectivity index (χ0) is 24.6. The molecule has 1 heterocycles. The summed E-state index contributed by atoms with van der Waals surface area (Å²) in [5.74, 6) is 4.64. The molecule has 0 bridgehead atoms. The third-order valence-electron chi connectivity index (χ3n) is 6.47. The lowest BCUT2D eigenvalue weighted by molar-refractivity contribution is -0.135. The summed E-state index contributed by atoms with van der Waals surface area (Å²) in [5.41, 5.74) is 2.22. The molecular formula is C27H32N2O4. The quantitative estimate of drug-likeness (QED) is 0.516. The maximum absolute atomic E-state index is 13.2. The largest absolute Gasteiger partial charge is 0.328 e. The minimum Gasteiger partial charge on any atom is -0.301 e. The van der Waals surface area contributed by atoms with Crippen molar-refractivity contribution in [3.63, 3.8) is 0 Å². The Labute approximate surface area is 195 Å². The van der Waals surface area contributed by atoms with E-state index >= 15 is 0 Å². The average Bonchev–Trinajstić information content (AvgIpc) is 2.69. The Kier molecular flexibility index (Phi) is 6.65. The van der Waals surface area contributed by atoms with Crippen LogP contribution in [0.15, 0.2) is 24.4 Å². The van der Waals surface area contributed by atoms with Gasteiger partial charge >= 0.3 is 6.03 Å². The van der Waals surface area contributed by atoms with E-state index in [0.717, 1.165) is 22.3 Å². The second kappa shape index (κ2) is 8.97. The zero-order valence-electron chi connectivity index (χ0n) is 20.3. The molecule has 0 aromatic heterocycles. The first-order chi connectivity index (χ1) is 15.4. The van der Waals surface area contributed by atoms with E-state index in [4.69, 9.17) is 0 Å². The van der Waals surface area contributed by atoms with E-state index in [1.165, 1.54) is 4.90 Å². The van der Waals surface area contributed by atoms with Crippen LogP contribution in [0.25, 0.3) is 0 Å². The van der Waals surface area contributed by atoms with Crippen LogP contribution in [0.4, 0.5) is 4.79 Å². The third-order valence-corrected chi connectivity index (χ3v) is 6.47. The highest BCUT2D eigenvalue weighted by molar-refractivity contribution is 6.11. The second-order valence-electron chi connectivity index (χ2n) is 10.2. The molecule has 3 rings (SSSR count). The van der Waals surface area contributed by atoms with Crippen molar-refractivity contribution < 1.29 is 19.2 Å². The van der Waals surface area contributed by atoms with E-state index in [1.54, 1.807) is 40.0 Å². The van der Waals surface area contributed by atoms with Crippen molar-refractivity contribution in [2.24, 2.45) is 10.8 Å². The summed E-state index contributed by atoms with van der Waals surface area (Å²) in [6.45, 7) is 11.2. The molecule has 2 aliphatic rings. The first kappa shape index (κ1) is 24.4. The average molecular weight is 449 g/mol. The number of carbonyl (C=O) groups is 4. The van der Waals surface area contributed by atoms with Crippen LogP contribution in [0.5, 0.6) is 0 Å². The minimum absolute atomic E-state index is 0.0859. The summed E-state index contributed by atoms with van der Waals surface area (Å²) < 4.78 is 0. The number of benzene rings is 1. The van der Waals surface area contributed by atoms with Crippen molar-refractivity contribution in [1.82, 2.24) is 10.2 Å². The zero-order valence-corrected chi connectivity index (χ0v) is 20.3. The van der Waals surface area contributed by atoms with Crippen molar-refractivity contribution >= 4 is 23.5 Å². The molecule has 174 valence electrons. The number of aryl methyl sites for hydroxylation is 2. The number of imide groups is 1. The van der Waals surface area contributed by atoms with E-state index in [2.05, 4.69) is 17.2 Å². The molecule has 0 unspecified atom stereocenters. The van der Waals surface area contributed by atoms with Gasteiger partial charge in [0.25, 0.3) is 0 Å². The Morgan fingerprint density at radius 1 is 1.09 bits per heavy atom. The number of nitrogens with one attached hydrogen (secondary N) is 1. The van der Waals surface area contributed by atoms with Gasteiger partial charge in [-0.15, -0.1) is 5.92 Å². The highest BCUT2D eigenvalue weighted by atomic mass is 16.2. The van der Waals surface area contributed by atoms with Crippen LogP contribution < -0.4 is 5.32 Å².